The second kappa shape index (κ2) is 3.81. The third-order valence-corrected chi connectivity index (χ3v) is 1.37. The van der Waals surface area contributed by atoms with Crippen LogP contribution < -0.4 is 5.73 Å². The summed E-state index contributed by atoms with van der Waals surface area (Å²) in [5.41, 5.74) is 4.87. The smallest absolute Gasteiger partial charge is 0.326 e. The topological polar surface area (TPSA) is 52.3 Å². The Morgan fingerprint density at radius 3 is 2.17 bits per heavy atom. The zero-order valence-electron chi connectivity index (χ0n) is 8.26. The first kappa shape index (κ1) is 11.3. The van der Waals surface area contributed by atoms with Gasteiger partial charge in [0.15, 0.2) is 0 Å². The molecule has 0 spiro atoms. The lowest BCUT2D eigenvalue weighted by atomic mass is 10.1. The van der Waals surface area contributed by atoms with Crippen molar-refractivity contribution in [1.82, 2.24) is 0 Å². The Kier molecular flexibility index (Phi) is 3.58. The molecule has 0 heterocycles. The number of carbonyl (C=O) groups is 1. The molecule has 3 nitrogen and oxygen atoms in total. The Morgan fingerprint density at radius 2 is 1.92 bits per heavy atom. The maximum atomic E-state index is 11.2. The van der Waals surface area contributed by atoms with Gasteiger partial charge >= 0.3 is 5.97 Å². The Bertz CT molecular complexity index is 158. The lowest BCUT2D eigenvalue weighted by Gasteiger charge is -2.18. The minimum absolute atomic E-state index is 0.0971. The highest BCUT2D eigenvalue weighted by molar-refractivity contribution is 5.76. The fraction of sp³-hybridized carbons (Fsp3) is 0.778. The highest BCUT2D eigenvalue weighted by Gasteiger charge is 2.28. The monoisotopic (exact) mass is 172 g/mol. The van der Waals surface area contributed by atoms with E-state index in [1.165, 1.54) is 0 Å². The standard InChI is InChI=1S/C9H18NO2/c1-6(2)7(10)8(11)12-9(3,4)5/h6-7H,3,10H2,1-2,4-5H3/q+1/t7-/m0/s1. The van der Waals surface area contributed by atoms with E-state index in [0.717, 1.165) is 0 Å². The average molecular weight is 172 g/mol. The van der Waals surface area contributed by atoms with Crippen LogP contribution in [-0.2, 0) is 9.53 Å². The molecule has 0 saturated heterocycles. The zero-order chi connectivity index (χ0) is 9.94. The predicted octanol–water partition coefficient (Wildman–Crippen LogP) is 1.13. The summed E-state index contributed by atoms with van der Waals surface area (Å²) in [5.74, 6) is -0.287. The van der Waals surface area contributed by atoms with Crippen molar-refractivity contribution in [3.8, 4) is 0 Å². The van der Waals surface area contributed by atoms with Crippen LogP contribution in [0.5, 0.6) is 0 Å². The molecule has 12 heavy (non-hydrogen) atoms. The normalized spacial score (nSPS) is 14.5. The molecule has 0 fully saturated rings. The molecule has 0 radical (unpaired) electrons. The number of rotatable bonds is 3. The summed E-state index contributed by atoms with van der Waals surface area (Å²) in [6, 6.07) is -0.550. The SMILES string of the molecule is [CH2+]C(C)(C)OC(=O)[C@@H](N)C(C)C. The molecule has 0 aromatic heterocycles. The van der Waals surface area contributed by atoms with Gasteiger partial charge in [0.1, 0.15) is 13.0 Å². The molecule has 0 aromatic rings. The Labute approximate surface area is 74.3 Å². The first-order valence-electron chi connectivity index (χ1n) is 4.08. The molecule has 1 atom stereocenters. The molecule has 0 aliphatic heterocycles. The minimum Gasteiger partial charge on any atom is -0.418 e. The number of esters is 1. The van der Waals surface area contributed by atoms with Crippen LogP contribution >= 0.6 is 0 Å². The number of carbonyl (C=O) groups excluding carboxylic acids is 1. The first-order chi connectivity index (χ1) is 5.24. The van der Waals surface area contributed by atoms with E-state index in [0.29, 0.717) is 0 Å². The summed E-state index contributed by atoms with van der Waals surface area (Å²) in [4.78, 5) is 11.2. The molecule has 2 N–H and O–H groups in total. The molecule has 0 aliphatic carbocycles. The van der Waals surface area contributed by atoms with Crippen molar-refractivity contribution in [2.45, 2.75) is 39.3 Å². The largest absolute Gasteiger partial charge is 0.418 e. The van der Waals surface area contributed by atoms with E-state index in [4.69, 9.17) is 10.5 Å². The van der Waals surface area contributed by atoms with Gasteiger partial charge in [-0.25, -0.2) is 0 Å². The van der Waals surface area contributed by atoms with Gasteiger partial charge in [-0.3, -0.25) is 4.79 Å². The van der Waals surface area contributed by atoms with Crippen LogP contribution in [0.1, 0.15) is 27.7 Å². The third-order valence-electron chi connectivity index (χ3n) is 1.37. The van der Waals surface area contributed by atoms with Crippen molar-refractivity contribution in [3.05, 3.63) is 6.92 Å². The molecule has 0 saturated carbocycles. The van der Waals surface area contributed by atoms with E-state index in [2.05, 4.69) is 6.92 Å². The molecule has 0 unspecified atom stereocenters. The lowest BCUT2D eigenvalue weighted by Crippen LogP contribution is -2.40. The summed E-state index contributed by atoms with van der Waals surface area (Å²) in [6.45, 7) is 10.8. The van der Waals surface area contributed by atoms with Gasteiger partial charge in [-0.2, -0.15) is 0 Å². The van der Waals surface area contributed by atoms with Gasteiger partial charge in [0.25, 0.3) is 0 Å². The molecule has 0 aliphatic rings. The fourth-order valence-electron chi connectivity index (χ4n) is 0.613. The molecular weight excluding hydrogens is 154 g/mol. The van der Waals surface area contributed by atoms with Crippen molar-refractivity contribution in [2.75, 3.05) is 0 Å². The number of nitrogens with two attached hydrogens (primary N) is 1. The highest BCUT2D eigenvalue weighted by atomic mass is 16.6. The van der Waals surface area contributed by atoms with Crippen LogP contribution in [-0.4, -0.2) is 17.6 Å². The quantitative estimate of drug-likeness (QED) is 0.513. The van der Waals surface area contributed by atoms with Gasteiger partial charge < -0.3 is 10.5 Å². The summed E-state index contributed by atoms with van der Waals surface area (Å²) >= 11 is 0. The summed E-state index contributed by atoms with van der Waals surface area (Å²) < 4.78 is 4.99. The van der Waals surface area contributed by atoms with Crippen molar-refractivity contribution < 1.29 is 9.53 Å². The highest BCUT2D eigenvalue weighted by Crippen LogP contribution is 2.10. The number of hydrogen-bond acceptors (Lipinski definition) is 3. The van der Waals surface area contributed by atoms with E-state index in [9.17, 15) is 4.79 Å². The Hall–Kier alpha value is -0.700. The van der Waals surface area contributed by atoms with Crippen molar-refractivity contribution in [2.24, 2.45) is 11.7 Å². The third kappa shape index (κ3) is 4.23. The Morgan fingerprint density at radius 1 is 1.50 bits per heavy atom. The van der Waals surface area contributed by atoms with E-state index in [-0.39, 0.29) is 11.9 Å². The van der Waals surface area contributed by atoms with Gasteiger partial charge in [-0.1, -0.05) is 13.8 Å². The Balaban J connectivity index is 4.05. The van der Waals surface area contributed by atoms with Crippen LogP contribution in [0.2, 0.25) is 0 Å². The second-order valence-electron chi connectivity index (χ2n) is 3.95. The van der Waals surface area contributed by atoms with Crippen molar-refractivity contribution in [1.29, 1.82) is 0 Å². The molecule has 0 amide bonds. The molecule has 0 rings (SSSR count). The number of hydrogen-bond donors (Lipinski definition) is 1. The van der Waals surface area contributed by atoms with E-state index in [1.807, 2.05) is 13.8 Å². The van der Waals surface area contributed by atoms with E-state index < -0.39 is 11.6 Å². The molecule has 3 heteroatoms. The van der Waals surface area contributed by atoms with Gasteiger partial charge in [0, 0.05) is 13.8 Å². The summed E-state index contributed by atoms with van der Waals surface area (Å²) in [5, 5.41) is 0. The first-order valence-corrected chi connectivity index (χ1v) is 4.08. The van der Waals surface area contributed by atoms with Crippen LogP contribution in [0.3, 0.4) is 0 Å². The van der Waals surface area contributed by atoms with Crippen LogP contribution in [0.25, 0.3) is 0 Å². The average Bonchev–Trinajstić information content (AvgIpc) is 1.82. The van der Waals surface area contributed by atoms with Crippen LogP contribution in [0.15, 0.2) is 0 Å². The van der Waals surface area contributed by atoms with Crippen LogP contribution in [0.4, 0.5) is 0 Å². The van der Waals surface area contributed by atoms with Crippen molar-refractivity contribution in [3.63, 3.8) is 0 Å². The molecular formula is C9H18NO2+. The van der Waals surface area contributed by atoms with Gasteiger partial charge in [-0.15, -0.1) is 0 Å². The van der Waals surface area contributed by atoms with E-state index >= 15 is 0 Å². The summed E-state index contributed by atoms with van der Waals surface area (Å²) in [7, 11) is 0. The van der Waals surface area contributed by atoms with Gasteiger partial charge in [-0.05, 0) is 5.92 Å². The second-order valence-corrected chi connectivity index (χ2v) is 3.95. The maximum Gasteiger partial charge on any atom is 0.326 e. The molecule has 0 bridgehead atoms. The van der Waals surface area contributed by atoms with Crippen molar-refractivity contribution >= 4 is 5.97 Å². The van der Waals surface area contributed by atoms with E-state index in [1.54, 1.807) is 13.8 Å². The number of ether oxygens (including phenoxy) is 1. The van der Waals surface area contributed by atoms with Crippen LogP contribution in [0, 0.1) is 12.8 Å². The van der Waals surface area contributed by atoms with Gasteiger partial charge in [0.05, 0.1) is 0 Å². The van der Waals surface area contributed by atoms with Gasteiger partial charge in [0.2, 0.25) is 5.60 Å². The lowest BCUT2D eigenvalue weighted by molar-refractivity contribution is -0.155. The maximum absolute atomic E-state index is 11.2. The molecule has 0 aromatic carbocycles. The summed E-state index contributed by atoms with van der Waals surface area (Å²) in [6.07, 6.45) is 0. The minimum atomic E-state index is -0.691. The molecule has 70 valence electrons. The zero-order valence-corrected chi connectivity index (χ0v) is 8.26. The predicted molar refractivity (Wildman–Crippen MR) is 48.3 cm³/mol. The fourth-order valence-corrected chi connectivity index (χ4v) is 0.613.